The molecule has 1 aromatic heterocycles. The van der Waals surface area contributed by atoms with Gasteiger partial charge in [0.05, 0.1) is 11.8 Å². The Morgan fingerprint density at radius 3 is 2.46 bits per heavy atom. The summed E-state index contributed by atoms with van der Waals surface area (Å²) in [5.74, 6) is -1.18. The van der Waals surface area contributed by atoms with E-state index in [1.165, 1.54) is 6.26 Å². The van der Waals surface area contributed by atoms with Crippen molar-refractivity contribution in [3.8, 4) is 0 Å². The van der Waals surface area contributed by atoms with Crippen LogP contribution < -0.4 is 5.32 Å². The maximum Gasteiger partial charge on any atom is 0.311 e. The number of furan rings is 1. The summed E-state index contributed by atoms with van der Waals surface area (Å²) >= 11 is 3.40. The van der Waals surface area contributed by atoms with Crippen molar-refractivity contribution in [1.29, 1.82) is 0 Å². The van der Waals surface area contributed by atoms with Crippen molar-refractivity contribution in [3.05, 3.63) is 57.5 Å². The van der Waals surface area contributed by atoms with Gasteiger partial charge in [0.1, 0.15) is 12.2 Å². The highest BCUT2D eigenvalue weighted by molar-refractivity contribution is 9.10. The van der Waals surface area contributed by atoms with Crippen LogP contribution in [0.1, 0.15) is 41.1 Å². The molecule has 0 saturated carbocycles. The molecule has 1 aromatic carbocycles. The number of benzene rings is 1. The Balaban J connectivity index is 2.14. The molecule has 0 radical (unpaired) electrons. The van der Waals surface area contributed by atoms with E-state index in [0.29, 0.717) is 17.5 Å². The minimum absolute atomic E-state index is 0.178. The number of hydrogen-bond donors (Lipinski definition) is 2. The quantitative estimate of drug-likeness (QED) is 0.783. The van der Waals surface area contributed by atoms with Crippen LogP contribution in [0.3, 0.4) is 0 Å². The summed E-state index contributed by atoms with van der Waals surface area (Å²) in [6, 6.07) is 7.91. The number of aliphatic carboxylic acids is 1. The first-order chi connectivity index (χ1) is 11.2. The zero-order valence-corrected chi connectivity index (χ0v) is 15.4. The molecule has 128 valence electrons. The monoisotopic (exact) mass is 393 g/mol. The van der Waals surface area contributed by atoms with E-state index in [9.17, 15) is 9.59 Å². The van der Waals surface area contributed by atoms with Crippen LogP contribution in [0, 0.1) is 6.92 Å². The molecule has 1 heterocycles. The summed E-state index contributed by atoms with van der Waals surface area (Å²) in [4.78, 5) is 23.5. The van der Waals surface area contributed by atoms with Crippen molar-refractivity contribution in [3.63, 3.8) is 0 Å². The summed E-state index contributed by atoms with van der Waals surface area (Å²) in [6.07, 6.45) is 1.75. The Morgan fingerprint density at radius 2 is 1.88 bits per heavy atom. The molecule has 0 saturated heterocycles. The van der Waals surface area contributed by atoms with Crippen LogP contribution >= 0.6 is 15.9 Å². The molecular formula is C18H20BrNO4. The number of halogens is 1. The minimum Gasteiger partial charge on any atom is -0.481 e. The number of amides is 1. The van der Waals surface area contributed by atoms with Crippen molar-refractivity contribution < 1.29 is 19.1 Å². The van der Waals surface area contributed by atoms with Crippen molar-refractivity contribution in [1.82, 2.24) is 5.32 Å². The van der Waals surface area contributed by atoms with Crippen LogP contribution in [0.2, 0.25) is 0 Å². The fraction of sp³-hybridized carbons (Fsp3) is 0.333. The summed E-state index contributed by atoms with van der Waals surface area (Å²) < 4.78 is 6.23. The van der Waals surface area contributed by atoms with E-state index in [1.54, 1.807) is 6.92 Å². The minimum atomic E-state index is -1.03. The van der Waals surface area contributed by atoms with E-state index in [2.05, 4.69) is 21.2 Å². The number of carboxylic acid groups (broad SMARTS) is 1. The zero-order valence-electron chi connectivity index (χ0n) is 13.9. The summed E-state index contributed by atoms with van der Waals surface area (Å²) in [6.45, 7) is 5.59. The first-order valence-corrected chi connectivity index (χ1v) is 8.33. The van der Waals surface area contributed by atoms with E-state index >= 15 is 0 Å². The number of carbonyl (C=O) groups excluding carboxylic acids is 1. The van der Waals surface area contributed by atoms with Crippen LogP contribution in [0.15, 0.2) is 39.4 Å². The summed E-state index contributed by atoms with van der Waals surface area (Å²) in [5.41, 5.74) is 1.54. The molecule has 0 spiro atoms. The van der Waals surface area contributed by atoms with Crippen LogP contribution in [-0.4, -0.2) is 22.5 Å². The van der Waals surface area contributed by atoms with Crippen molar-refractivity contribution in [2.24, 2.45) is 0 Å². The lowest BCUT2D eigenvalue weighted by molar-refractivity contribution is -0.136. The van der Waals surface area contributed by atoms with Gasteiger partial charge in [-0.1, -0.05) is 28.1 Å². The van der Waals surface area contributed by atoms with Crippen molar-refractivity contribution in [2.45, 2.75) is 39.2 Å². The first-order valence-electron chi connectivity index (χ1n) is 7.53. The van der Waals surface area contributed by atoms with Gasteiger partial charge in [-0.25, -0.2) is 0 Å². The Hall–Kier alpha value is -2.08. The van der Waals surface area contributed by atoms with Gasteiger partial charge in [0.25, 0.3) is 5.91 Å². The second kappa shape index (κ2) is 7.21. The second-order valence-electron chi connectivity index (χ2n) is 6.43. The molecule has 2 N–H and O–H groups in total. The maximum absolute atomic E-state index is 12.6. The lowest BCUT2D eigenvalue weighted by Gasteiger charge is -2.26. The number of aryl methyl sites for hydroxylation is 1. The van der Waals surface area contributed by atoms with Gasteiger partial charge in [0.15, 0.2) is 0 Å². The third-order valence-corrected chi connectivity index (χ3v) is 4.13. The maximum atomic E-state index is 12.6. The molecular weight excluding hydrogens is 374 g/mol. The van der Waals surface area contributed by atoms with Gasteiger partial charge in [-0.2, -0.15) is 0 Å². The van der Waals surface area contributed by atoms with Gasteiger partial charge < -0.3 is 14.8 Å². The zero-order chi connectivity index (χ0) is 17.9. The third-order valence-electron chi connectivity index (χ3n) is 3.60. The second-order valence-corrected chi connectivity index (χ2v) is 7.34. The molecule has 5 nitrogen and oxygen atoms in total. The fourth-order valence-corrected chi connectivity index (χ4v) is 2.86. The molecule has 24 heavy (non-hydrogen) atoms. The molecule has 6 heteroatoms. The van der Waals surface area contributed by atoms with E-state index in [-0.39, 0.29) is 18.1 Å². The molecule has 0 aliphatic rings. The van der Waals surface area contributed by atoms with Crippen LogP contribution in [0.5, 0.6) is 0 Å². The largest absolute Gasteiger partial charge is 0.481 e. The van der Waals surface area contributed by atoms with E-state index in [0.717, 1.165) is 10.0 Å². The molecule has 2 aromatic rings. The Bertz CT molecular complexity index is 747. The average Bonchev–Trinajstić information content (AvgIpc) is 2.80. The number of carboxylic acids is 1. The SMILES string of the molecule is Cc1coc(CC(=O)O)c1C(=O)NC(C)(C)Cc1ccc(Br)cc1. The average molecular weight is 394 g/mol. The number of rotatable bonds is 6. The van der Waals surface area contributed by atoms with Gasteiger partial charge in [-0.3, -0.25) is 9.59 Å². The Morgan fingerprint density at radius 1 is 1.25 bits per heavy atom. The lowest BCUT2D eigenvalue weighted by Crippen LogP contribution is -2.45. The van der Waals surface area contributed by atoms with Crippen LogP contribution in [-0.2, 0) is 17.6 Å². The Kier molecular flexibility index (Phi) is 5.49. The van der Waals surface area contributed by atoms with Gasteiger partial charge >= 0.3 is 5.97 Å². The summed E-state index contributed by atoms with van der Waals surface area (Å²) in [7, 11) is 0. The smallest absolute Gasteiger partial charge is 0.311 e. The molecule has 0 atom stereocenters. The molecule has 0 bridgehead atoms. The third kappa shape index (κ3) is 4.71. The molecule has 0 aliphatic heterocycles. The van der Waals surface area contributed by atoms with Gasteiger partial charge in [0, 0.05) is 15.6 Å². The van der Waals surface area contributed by atoms with Crippen molar-refractivity contribution in [2.75, 3.05) is 0 Å². The van der Waals surface area contributed by atoms with Crippen molar-refractivity contribution >= 4 is 27.8 Å². The first kappa shape index (κ1) is 18.3. The predicted molar refractivity (Wildman–Crippen MR) is 94.2 cm³/mol. The van der Waals surface area contributed by atoms with E-state index in [1.807, 2.05) is 38.1 Å². The highest BCUT2D eigenvalue weighted by Crippen LogP contribution is 2.20. The molecule has 2 rings (SSSR count). The fourth-order valence-electron chi connectivity index (χ4n) is 2.60. The van der Waals surface area contributed by atoms with E-state index in [4.69, 9.17) is 9.52 Å². The van der Waals surface area contributed by atoms with E-state index < -0.39 is 11.5 Å². The number of hydrogen-bond acceptors (Lipinski definition) is 3. The predicted octanol–water partition coefficient (Wildman–Crippen LogP) is 3.73. The van der Waals surface area contributed by atoms with Gasteiger partial charge in [-0.15, -0.1) is 0 Å². The lowest BCUT2D eigenvalue weighted by atomic mass is 9.94. The molecule has 1 amide bonds. The molecule has 0 unspecified atom stereocenters. The van der Waals surface area contributed by atoms with Gasteiger partial charge in [0.2, 0.25) is 0 Å². The van der Waals surface area contributed by atoms with Crippen LogP contribution in [0.4, 0.5) is 0 Å². The van der Waals surface area contributed by atoms with Gasteiger partial charge in [-0.05, 0) is 44.9 Å². The summed E-state index contributed by atoms with van der Waals surface area (Å²) in [5, 5.41) is 11.9. The highest BCUT2D eigenvalue weighted by atomic mass is 79.9. The standard InChI is InChI=1S/C18H20BrNO4/c1-11-10-24-14(8-15(21)22)16(11)17(23)20-18(2,3)9-12-4-6-13(19)7-5-12/h4-7,10H,8-9H2,1-3H3,(H,20,23)(H,21,22). The Labute approximate surface area is 149 Å². The topological polar surface area (TPSA) is 79.5 Å². The highest BCUT2D eigenvalue weighted by Gasteiger charge is 2.26. The number of nitrogens with one attached hydrogen (secondary N) is 1. The normalized spacial score (nSPS) is 11.3. The molecule has 0 fully saturated rings. The number of carbonyl (C=O) groups is 2. The molecule has 0 aliphatic carbocycles. The van der Waals surface area contributed by atoms with Crippen LogP contribution in [0.25, 0.3) is 0 Å².